The fraction of sp³-hybridized carbons (Fsp3) is 1.00. The van der Waals surface area contributed by atoms with Crippen molar-refractivity contribution < 1.29 is 17.9 Å². The lowest BCUT2D eigenvalue weighted by Gasteiger charge is -2.25. The molecular weight excluding hydrogens is 162 g/mol. The molecule has 0 fully saturated rings. The fourth-order valence-corrected chi connectivity index (χ4v) is 0.716. The van der Waals surface area contributed by atoms with Crippen LogP contribution in [0.25, 0.3) is 0 Å². The summed E-state index contributed by atoms with van der Waals surface area (Å²) in [7, 11) is -2.97. The minimum absolute atomic E-state index is 0.812. The van der Waals surface area contributed by atoms with E-state index in [1.807, 2.05) is 13.8 Å². The van der Waals surface area contributed by atoms with Crippen molar-refractivity contribution in [3.8, 4) is 0 Å². The van der Waals surface area contributed by atoms with E-state index in [0.29, 0.717) is 0 Å². The maximum Gasteiger partial charge on any atom is 0.255 e. The van der Waals surface area contributed by atoms with Crippen LogP contribution in [0, 0.1) is 0 Å². The first-order valence-electron chi connectivity index (χ1n) is 2.91. The van der Waals surface area contributed by atoms with Gasteiger partial charge in [-0.1, -0.05) is 13.8 Å². The predicted octanol–water partition coefficient (Wildman–Crippen LogP) is 2.66. The van der Waals surface area contributed by atoms with Crippen molar-refractivity contribution in [2.75, 3.05) is 12.0 Å². The first-order valence-corrected chi connectivity index (χ1v) is 5.03. The van der Waals surface area contributed by atoms with E-state index < -0.39 is 22.8 Å². The van der Waals surface area contributed by atoms with Crippen LogP contribution < -0.4 is 0 Å². The second-order valence-corrected chi connectivity index (χ2v) is 3.87. The highest BCUT2D eigenvalue weighted by Gasteiger charge is 2.11. The van der Waals surface area contributed by atoms with Crippen LogP contribution in [-0.2, 0) is 0 Å². The molecule has 0 aromatic carbocycles. The van der Waals surface area contributed by atoms with Crippen molar-refractivity contribution in [2.24, 2.45) is 0 Å². The molecule has 0 bridgehead atoms. The second kappa shape index (κ2) is 5.88. The summed E-state index contributed by atoms with van der Waals surface area (Å²) in [4.78, 5) is 0. The first-order chi connectivity index (χ1) is 4.42. The van der Waals surface area contributed by atoms with Gasteiger partial charge in [0.1, 0.15) is 0 Å². The lowest BCUT2D eigenvalue weighted by Crippen LogP contribution is -2.07. The van der Waals surface area contributed by atoms with Crippen LogP contribution in [-0.4, -0.2) is 27.5 Å². The summed E-state index contributed by atoms with van der Waals surface area (Å²) >= 11 is 0. The molecule has 2 N–H and O–H groups in total. The zero-order valence-electron chi connectivity index (χ0n) is 6.34. The smallest absolute Gasteiger partial charge is 0.255 e. The summed E-state index contributed by atoms with van der Waals surface area (Å²) < 4.78 is 39.2. The van der Waals surface area contributed by atoms with E-state index in [1.54, 1.807) is 0 Å². The summed E-state index contributed by atoms with van der Waals surface area (Å²) in [5.41, 5.74) is 0. The Hall–Kier alpha value is 0.130. The normalized spacial score (nSPS) is 12.4. The maximum absolute atomic E-state index is 11.2. The highest BCUT2D eigenvalue weighted by Crippen LogP contribution is 2.34. The van der Waals surface area contributed by atoms with Gasteiger partial charge in [0.15, 0.2) is 0 Å². The maximum atomic E-state index is 11.2. The van der Waals surface area contributed by atoms with Gasteiger partial charge in [-0.2, -0.15) is 10.6 Å². The van der Waals surface area contributed by atoms with Gasteiger partial charge in [0.2, 0.25) is 0 Å². The molecule has 0 aliphatic rings. The quantitative estimate of drug-likeness (QED) is 0.679. The van der Waals surface area contributed by atoms with Gasteiger partial charge in [-0.3, -0.25) is 9.11 Å². The van der Waals surface area contributed by atoms with Crippen molar-refractivity contribution in [1.82, 2.24) is 0 Å². The Morgan fingerprint density at radius 2 is 1.60 bits per heavy atom. The molecule has 0 heterocycles. The van der Waals surface area contributed by atoms with Crippen molar-refractivity contribution in [2.45, 2.75) is 20.3 Å². The molecule has 0 rings (SSSR count). The molecule has 0 aliphatic carbocycles. The third kappa shape index (κ3) is 15.7. The van der Waals surface area contributed by atoms with E-state index in [9.17, 15) is 8.78 Å². The molecule has 0 saturated carbocycles. The molecule has 0 saturated heterocycles. The summed E-state index contributed by atoms with van der Waals surface area (Å²) in [5.74, 6) is -0.812. The van der Waals surface area contributed by atoms with Crippen LogP contribution in [0.15, 0.2) is 0 Å². The molecule has 2 nitrogen and oxygen atoms in total. The van der Waals surface area contributed by atoms with Crippen molar-refractivity contribution in [3.63, 3.8) is 0 Å². The first kappa shape index (κ1) is 12.8. The summed E-state index contributed by atoms with van der Waals surface area (Å²) in [5, 5.41) is 0. The Balaban J connectivity index is 0. The zero-order valence-corrected chi connectivity index (χ0v) is 7.16. The Morgan fingerprint density at radius 1 is 1.30 bits per heavy atom. The molecule has 5 heteroatoms. The molecule has 0 aliphatic heterocycles. The lowest BCUT2D eigenvalue weighted by atomic mass is 10.9. The lowest BCUT2D eigenvalue weighted by molar-refractivity contribution is 0.171. The summed E-state index contributed by atoms with van der Waals surface area (Å²) in [6, 6.07) is 0. The van der Waals surface area contributed by atoms with Crippen LogP contribution in [0.5, 0.6) is 0 Å². The van der Waals surface area contributed by atoms with Crippen molar-refractivity contribution in [1.29, 1.82) is 0 Å². The Morgan fingerprint density at radius 3 is 1.60 bits per heavy atom. The third-order valence-corrected chi connectivity index (χ3v) is 1.33. The van der Waals surface area contributed by atoms with Gasteiger partial charge in [-0.15, -0.1) is 0 Å². The van der Waals surface area contributed by atoms with Crippen LogP contribution in [0.2, 0.25) is 0 Å². The van der Waals surface area contributed by atoms with E-state index in [4.69, 9.17) is 9.11 Å². The number of hydrogen-bond acceptors (Lipinski definition) is 2. The molecule has 0 amide bonds. The molecule has 0 radical (unpaired) electrons. The van der Waals surface area contributed by atoms with Crippen LogP contribution >= 0.6 is 10.6 Å². The monoisotopic (exact) mass is 176 g/mol. The number of rotatable bonds is 2. The van der Waals surface area contributed by atoms with Gasteiger partial charge in [0, 0.05) is 6.26 Å². The molecular formula is C5H14F2O2S. The van der Waals surface area contributed by atoms with E-state index in [1.165, 1.54) is 0 Å². The minimum Gasteiger partial charge on any atom is -0.300 e. The molecule has 0 unspecified atom stereocenters. The molecule has 10 heavy (non-hydrogen) atoms. The largest absolute Gasteiger partial charge is 0.300 e. The molecule has 0 aromatic heterocycles. The van der Waals surface area contributed by atoms with E-state index in [-0.39, 0.29) is 0 Å². The molecule has 0 aromatic rings. The predicted molar refractivity (Wildman–Crippen MR) is 41.0 cm³/mol. The topological polar surface area (TPSA) is 40.5 Å². The average Bonchev–Trinajstić information content (AvgIpc) is 1.64. The van der Waals surface area contributed by atoms with Gasteiger partial charge in [0.05, 0.1) is 5.75 Å². The fourth-order valence-electron chi connectivity index (χ4n) is 0.239. The zero-order chi connectivity index (χ0) is 8.78. The van der Waals surface area contributed by atoms with E-state index in [0.717, 1.165) is 6.26 Å². The van der Waals surface area contributed by atoms with Crippen LogP contribution in [0.4, 0.5) is 8.78 Å². The number of hydrogen-bond donors (Lipinski definition) is 2. The average molecular weight is 176 g/mol. The van der Waals surface area contributed by atoms with Crippen LogP contribution in [0.1, 0.15) is 13.8 Å². The number of halogens is 2. The number of alkyl halides is 2. The van der Waals surface area contributed by atoms with E-state index in [2.05, 4.69) is 0 Å². The van der Waals surface area contributed by atoms with E-state index >= 15 is 0 Å². The highest BCUT2D eigenvalue weighted by atomic mass is 32.3. The van der Waals surface area contributed by atoms with Crippen molar-refractivity contribution in [3.05, 3.63) is 0 Å². The summed E-state index contributed by atoms with van der Waals surface area (Å²) in [6.07, 6.45) is -1.62. The molecule has 0 atom stereocenters. The van der Waals surface area contributed by atoms with Gasteiger partial charge in [0.25, 0.3) is 6.43 Å². The van der Waals surface area contributed by atoms with Gasteiger partial charge in [-0.25, -0.2) is 8.78 Å². The highest BCUT2D eigenvalue weighted by molar-refractivity contribution is 8.23. The van der Waals surface area contributed by atoms with Crippen LogP contribution in [0.3, 0.4) is 0 Å². The van der Waals surface area contributed by atoms with Gasteiger partial charge >= 0.3 is 0 Å². The Labute approximate surface area is 61.6 Å². The third-order valence-electron chi connectivity index (χ3n) is 0.442. The van der Waals surface area contributed by atoms with Gasteiger partial charge < -0.3 is 0 Å². The molecule has 66 valence electrons. The standard InChI is InChI=1S/C3H8F2O2S.C2H6/c1-8(6,7)2-3(4)5;1-2/h3,6-7H,2H2,1H3;1-2H3. The van der Waals surface area contributed by atoms with Crippen molar-refractivity contribution >= 4 is 10.6 Å². The summed E-state index contributed by atoms with van der Waals surface area (Å²) in [6.45, 7) is 4.00. The Bertz CT molecular complexity index is 72.5. The SMILES string of the molecule is CC.CS(O)(O)CC(F)F. The Kier molecular flexibility index (Phi) is 7.51. The molecule has 0 spiro atoms. The second-order valence-electron chi connectivity index (χ2n) is 1.55. The minimum atomic E-state index is -2.97. The van der Waals surface area contributed by atoms with Gasteiger partial charge in [-0.05, 0) is 0 Å².